The maximum Gasteiger partial charge on any atom is 0.109 e. The van der Waals surface area contributed by atoms with E-state index in [2.05, 4.69) is 27.4 Å². The lowest BCUT2D eigenvalue weighted by molar-refractivity contribution is 0.155. The third-order valence-corrected chi connectivity index (χ3v) is 3.09. The molecule has 0 aromatic carbocycles. The number of hydrogen-bond donors (Lipinski definition) is 1. The van der Waals surface area contributed by atoms with Gasteiger partial charge in [0.05, 0.1) is 12.1 Å². The Morgan fingerprint density at radius 3 is 2.20 bits per heavy atom. The zero-order valence-corrected chi connectivity index (χ0v) is 10.6. The summed E-state index contributed by atoms with van der Waals surface area (Å²) in [7, 11) is 0. The molecule has 0 spiro atoms. The molecule has 0 aliphatic rings. The summed E-state index contributed by atoms with van der Waals surface area (Å²) in [5, 5.41) is 0. The van der Waals surface area contributed by atoms with Crippen molar-refractivity contribution >= 4 is 0 Å². The maximum atomic E-state index is 6.16. The van der Waals surface area contributed by atoms with E-state index in [1.807, 2.05) is 0 Å². The predicted molar refractivity (Wildman–Crippen MR) is 66.7 cm³/mol. The number of rotatable bonds is 9. The second-order valence-electron chi connectivity index (χ2n) is 4.20. The molecule has 0 amide bonds. The quantitative estimate of drug-likeness (QED) is 0.469. The fourth-order valence-electron chi connectivity index (χ4n) is 1.51. The highest BCUT2D eigenvalue weighted by atomic mass is 16.5. The van der Waals surface area contributed by atoms with Gasteiger partial charge in [0.15, 0.2) is 0 Å². The number of unbranched alkanes of at least 4 members (excludes halogenated alkanes) is 3. The normalized spacial score (nSPS) is 11.5. The van der Waals surface area contributed by atoms with E-state index < -0.39 is 0 Å². The molecule has 0 aliphatic heterocycles. The molecule has 0 fully saturated rings. The average Bonchev–Trinajstić information content (AvgIpc) is 2.27. The van der Waals surface area contributed by atoms with Gasteiger partial charge < -0.3 is 10.5 Å². The highest BCUT2D eigenvalue weighted by molar-refractivity contribution is 5.07. The molecule has 15 heavy (non-hydrogen) atoms. The summed E-state index contributed by atoms with van der Waals surface area (Å²) in [5.74, 6) is 0.754. The van der Waals surface area contributed by atoms with Gasteiger partial charge in [-0.25, -0.2) is 0 Å². The van der Waals surface area contributed by atoms with E-state index >= 15 is 0 Å². The molecule has 0 saturated heterocycles. The average molecular weight is 213 g/mol. The van der Waals surface area contributed by atoms with Gasteiger partial charge in [-0.3, -0.25) is 0 Å². The molecule has 0 rings (SSSR count). The second kappa shape index (κ2) is 7.75. The second-order valence-corrected chi connectivity index (χ2v) is 4.20. The van der Waals surface area contributed by atoms with Crippen LogP contribution in [0.25, 0.3) is 0 Å². The number of nitrogens with two attached hydrogens (primary N) is 1. The monoisotopic (exact) mass is 213 g/mol. The molecule has 0 radical (unpaired) electrons. The molecule has 0 aromatic heterocycles. The summed E-state index contributed by atoms with van der Waals surface area (Å²) in [6.07, 6.45) is 6.65. The Labute approximate surface area is 94.9 Å². The third-order valence-electron chi connectivity index (χ3n) is 3.09. The highest BCUT2D eigenvalue weighted by Gasteiger charge is 2.25. The van der Waals surface area contributed by atoms with Gasteiger partial charge in [0.1, 0.15) is 5.76 Å². The Hall–Kier alpha value is -0.500. The van der Waals surface area contributed by atoms with Crippen LogP contribution in [0.4, 0.5) is 0 Å². The van der Waals surface area contributed by atoms with Crippen molar-refractivity contribution in [2.24, 2.45) is 5.73 Å². The molecule has 2 nitrogen and oxygen atoms in total. The zero-order chi connectivity index (χ0) is 11.7. The molecule has 2 heteroatoms. The molecule has 0 unspecified atom stereocenters. The van der Waals surface area contributed by atoms with Crippen molar-refractivity contribution < 1.29 is 4.74 Å². The summed E-state index contributed by atoms with van der Waals surface area (Å²) < 4.78 is 5.62. The number of hydrogen-bond acceptors (Lipinski definition) is 2. The van der Waals surface area contributed by atoms with Crippen LogP contribution in [-0.4, -0.2) is 12.1 Å². The Kier molecular flexibility index (Phi) is 7.49. The van der Waals surface area contributed by atoms with Crippen LogP contribution >= 0.6 is 0 Å². The minimum absolute atomic E-state index is 0.329. The van der Waals surface area contributed by atoms with E-state index in [1.54, 1.807) is 0 Å². The molecule has 0 aliphatic carbocycles. The van der Waals surface area contributed by atoms with E-state index in [9.17, 15) is 0 Å². The van der Waals surface area contributed by atoms with Crippen molar-refractivity contribution in [3.63, 3.8) is 0 Å². The molecular formula is C13H27NO. The van der Waals surface area contributed by atoms with Crippen LogP contribution in [0, 0.1) is 0 Å². The van der Waals surface area contributed by atoms with Crippen LogP contribution in [-0.2, 0) is 4.74 Å². The van der Waals surface area contributed by atoms with Gasteiger partial charge in [0, 0.05) is 0 Å². The first-order valence-corrected chi connectivity index (χ1v) is 6.21. The van der Waals surface area contributed by atoms with E-state index in [1.165, 1.54) is 19.3 Å². The van der Waals surface area contributed by atoms with Gasteiger partial charge in [0.25, 0.3) is 0 Å². The van der Waals surface area contributed by atoms with Crippen LogP contribution in [0.2, 0.25) is 0 Å². The van der Waals surface area contributed by atoms with Gasteiger partial charge in [0.2, 0.25) is 0 Å². The fraction of sp³-hybridized carbons (Fsp3) is 0.846. The van der Waals surface area contributed by atoms with E-state index in [-0.39, 0.29) is 5.54 Å². The Bertz CT molecular complexity index is 173. The molecule has 0 aromatic rings. The summed E-state index contributed by atoms with van der Waals surface area (Å²) in [6, 6.07) is 0. The van der Waals surface area contributed by atoms with Crippen molar-refractivity contribution in [2.45, 2.75) is 64.8 Å². The van der Waals surface area contributed by atoms with Gasteiger partial charge in [-0.05, 0) is 19.3 Å². The maximum absolute atomic E-state index is 6.16. The first-order valence-electron chi connectivity index (χ1n) is 6.21. The summed E-state index contributed by atoms with van der Waals surface area (Å²) in [6.45, 7) is 11.1. The van der Waals surface area contributed by atoms with E-state index in [0.29, 0.717) is 0 Å². The van der Waals surface area contributed by atoms with Crippen LogP contribution in [0.3, 0.4) is 0 Å². The number of ether oxygens (including phenoxy) is 1. The summed E-state index contributed by atoms with van der Waals surface area (Å²) in [5.41, 5.74) is 5.83. The van der Waals surface area contributed by atoms with Gasteiger partial charge >= 0.3 is 0 Å². The summed E-state index contributed by atoms with van der Waals surface area (Å²) >= 11 is 0. The van der Waals surface area contributed by atoms with Crippen molar-refractivity contribution in [1.82, 2.24) is 0 Å². The zero-order valence-electron chi connectivity index (χ0n) is 10.6. The lowest BCUT2D eigenvalue weighted by Crippen LogP contribution is -2.41. The molecular weight excluding hydrogens is 186 g/mol. The van der Waals surface area contributed by atoms with Crippen LogP contribution < -0.4 is 5.73 Å². The van der Waals surface area contributed by atoms with Gasteiger partial charge in [-0.2, -0.15) is 0 Å². The first kappa shape index (κ1) is 14.5. The lowest BCUT2D eigenvalue weighted by atomic mass is 9.92. The first-order chi connectivity index (χ1) is 7.10. The van der Waals surface area contributed by atoms with Crippen LogP contribution in [0.1, 0.15) is 59.3 Å². The Morgan fingerprint density at radius 1 is 1.13 bits per heavy atom. The molecule has 0 bridgehead atoms. The largest absolute Gasteiger partial charge is 0.497 e. The van der Waals surface area contributed by atoms with Crippen molar-refractivity contribution in [2.75, 3.05) is 6.61 Å². The highest BCUT2D eigenvalue weighted by Crippen LogP contribution is 2.21. The fourth-order valence-corrected chi connectivity index (χ4v) is 1.51. The topological polar surface area (TPSA) is 35.2 Å². The van der Waals surface area contributed by atoms with Crippen molar-refractivity contribution in [3.05, 3.63) is 12.3 Å². The van der Waals surface area contributed by atoms with E-state index in [4.69, 9.17) is 10.5 Å². The third kappa shape index (κ3) is 5.22. The molecule has 0 heterocycles. The minimum atomic E-state index is -0.329. The van der Waals surface area contributed by atoms with Gasteiger partial charge in [-0.1, -0.05) is 46.6 Å². The summed E-state index contributed by atoms with van der Waals surface area (Å²) in [4.78, 5) is 0. The lowest BCUT2D eigenvalue weighted by Gasteiger charge is -2.28. The van der Waals surface area contributed by atoms with Gasteiger partial charge in [-0.15, -0.1) is 0 Å². The molecule has 0 atom stereocenters. The Morgan fingerprint density at radius 2 is 1.73 bits per heavy atom. The molecule has 0 saturated carbocycles. The van der Waals surface area contributed by atoms with E-state index in [0.717, 1.165) is 31.6 Å². The molecule has 90 valence electrons. The SMILES string of the molecule is C=C(OCCCCCC)C(N)(CC)CC. The Balaban J connectivity index is 3.73. The smallest absolute Gasteiger partial charge is 0.109 e. The standard InChI is InChI=1S/C13H27NO/c1-5-8-9-10-11-15-12(4)13(14,6-2)7-3/h4-11,14H2,1-3H3. The van der Waals surface area contributed by atoms with Crippen LogP contribution in [0.5, 0.6) is 0 Å². The minimum Gasteiger partial charge on any atom is -0.497 e. The molecule has 2 N–H and O–H groups in total. The van der Waals surface area contributed by atoms with Crippen LogP contribution in [0.15, 0.2) is 12.3 Å². The van der Waals surface area contributed by atoms with Crippen molar-refractivity contribution in [1.29, 1.82) is 0 Å². The van der Waals surface area contributed by atoms with Crippen molar-refractivity contribution in [3.8, 4) is 0 Å². The predicted octanol–water partition coefficient (Wildman–Crippen LogP) is 3.61.